The zero-order chi connectivity index (χ0) is 14.3. The van der Waals surface area contributed by atoms with Crippen LogP contribution in [0, 0.1) is 5.41 Å². The molecule has 1 fully saturated rings. The fourth-order valence-corrected chi connectivity index (χ4v) is 3.83. The lowest BCUT2D eigenvalue weighted by molar-refractivity contribution is 0.0285. The molecular formula is C18H24O2. The quantitative estimate of drug-likeness (QED) is 0.809. The van der Waals surface area contributed by atoms with E-state index in [9.17, 15) is 4.79 Å². The molecule has 2 aliphatic carbocycles. The van der Waals surface area contributed by atoms with Gasteiger partial charge in [0.2, 0.25) is 0 Å². The van der Waals surface area contributed by atoms with Crippen LogP contribution in [0.25, 0.3) is 0 Å². The highest BCUT2D eigenvalue weighted by Crippen LogP contribution is 2.48. The molecule has 2 heteroatoms. The smallest absolute Gasteiger partial charge is 0.169 e. The number of methoxy groups -OCH3 is 1. The largest absolute Gasteiger partial charge is 0.381 e. The number of fused-ring (bicyclic) bond motifs is 1. The molecule has 0 amide bonds. The van der Waals surface area contributed by atoms with Crippen molar-refractivity contribution in [3.63, 3.8) is 0 Å². The van der Waals surface area contributed by atoms with Crippen LogP contribution in [0.15, 0.2) is 18.2 Å². The van der Waals surface area contributed by atoms with Gasteiger partial charge < -0.3 is 4.74 Å². The SMILES string of the molecule is COC1CCC2(CC1)Cc1ccc(C(C)C)cc1C2=O. The van der Waals surface area contributed by atoms with E-state index in [2.05, 4.69) is 32.0 Å². The molecule has 0 heterocycles. The predicted molar refractivity (Wildman–Crippen MR) is 80.3 cm³/mol. The molecule has 0 atom stereocenters. The number of carbonyl (C=O) groups is 1. The number of hydrogen-bond acceptors (Lipinski definition) is 2. The number of Topliss-reactive ketones (excluding diaryl/α,β-unsaturated/α-hetero) is 1. The highest BCUT2D eigenvalue weighted by molar-refractivity contribution is 6.05. The van der Waals surface area contributed by atoms with Crippen molar-refractivity contribution in [2.45, 2.75) is 58.0 Å². The average Bonchev–Trinajstić information content (AvgIpc) is 2.72. The molecule has 1 aromatic rings. The monoisotopic (exact) mass is 272 g/mol. The summed E-state index contributed by atoms with van der Waals surface area (Å²) in [5, 5.41) is 0. The van der Waals surface area contributed by atoms with Crippen LogP contribution in [-0.2, 0) is 11.2 Å². The van der Waals surface area contributed by atoms with Crippen molar-refractivity contribution in [1.82, 2.24) is 0 Å². The van der Waals surface area contributed by atoms with E-state index in [1.54, 1.807) is 7.11 Å². The molecule has 0 aromatic heterocycles. The van der Waals surface area contributed by atoms with Crippen LogP contribution in [-0.4, -0.2) is 19.0 Å². The van der Waals surface area contributed by atoms with Crippen molar-refractivity contribution >= 4 is 5.78 Å². The Hall–Kier alpha value is -1.15. The van der Waals surface area contributed by atoms with E-state index < -0.39 is 0 Å². The Kier molecular flexibility index (Phi) is 3.45. The van der Waals surface area contributed by atoms with E-state index in [1.165, 1.54) is 11.1 Å². The third kappa shape index (κ3) is 2.10. The minimum atomic E-state index is -0.118. The lowest BCUT2D eigenvalue weighted by atomic mass is 9.70. The van der Waals surface area contributed by atoms with Gasteiger partial charge in [-0.25, -0.2) is 0 Å². The molecular weight excluding hydrogens is 248 g/mol. The first-order valence-corrected chi connectivity index (χ1v) is 7.76. The first-order chi connectivity index (χ1) is 9.55. The van der Waals surface area contributed by atoms with Crippen LogP contribution < -0.4 is 0 Å². The van der Waals surface area contributed by atoms with Gasteiger partial charge >= 0.3 is 0 Å². The maximum Gasteiger partial charge on any atom is 0.169 e. The van der Waals surface area contributed by atoms with Gasteiger partial charge in [0.1, 0.15) is 0 Å². The lowest BCUT2D eigenvalue weighted by Crippen LogP contribution is -2.35. The van der Waals surface area contributed by atoms with Gasteiger partial charge in [0, 0.05) is 18.1 Å². The van der Waals surface area contributed by atoms with Crippen molar-refractivity contribution in [3.05, 3.63) is 34.9 Å². The number of rotatable bonds is 2. The number of hydrogen-bond donors (Lipinski definition) is 0. The molecule has 3 rings (SSSR count). The highest BCUT2D eigenvalue weighted by atomic mass is 16.5. The van der Waals surface area contributed by atoms with Gasteiger partial charge in [-0.1, -0.05) is 26.0 Å². The van der Waals surface area contributed by atoms with Gasteiger partial charge in [0.25, 0.3) is 0 Å². The Morgan fingerprint density at radius 3 is 2.55 bits per heavy atom. The number of benzene rings is 1. The molecule has 2 nitrogen and oxygen atoms in total. The van der Waals surface area contributed by atoms with Gasteiger partial charge in [-0.15, -0.1) is 0 Å². The summed E-state index contributed by atoms with van der Waals surface area (Å²) in [5.41, 5.74) is 3.41. The van der Waals surface area contributed by atoms with E-state index in [4.69, 9.17) is 4.74 Å². The average molecular weight is 272 g/mol. The van der Waals surface area contributed by atoms with Crippen LogP contribution in [0.1, 0.15) is 66.9 Å². The summed E-state index contributed by atoms with van der Waals surface area (Å²) in [7, 11) is 1.78. The second-order valence-corrected chi connectivity index (χ2v) is 6.79. The molecule has 0 radical (unpaired) electrons. The second-order valence-electron chi connectivity index (χ2n) is 6.79. The summed E-state index contributed by atoms with van der Waals surface area (Å²) in [6, 6.07) is 6.51. The van der Waals surface area contributed by atoms with Gasteiger partial charge in [-0.3, -0.25) is 4.79 Å². The molecule has 1 aromatic carbocycles. The molecule has 0 aliphatic heterocycles. The van der Waals surface area contributed by atoms with Gasteiger partial charge in [0.05, 0.1) is 6.10 Å². The molecule has 108 valence electrons. The van der Waals surface area contributed by atoms with Crippen molar-refractivity contribution in [2.75, 3.05) is 7.11 Å². The molecule has 0 unspecified atom stereocenters. The van der Waals surface area contributed by atoms with Crippen LogP contribution in [0.4, 0.5) is 0 Å². The molecule has 0 N–H and O–H groups in total. The van der Waals surface area contributed by atoms with E-state index in [0.717, 1.165) is 37.7 Å². The predicted octanol–water partition coefficient (Wildman–Crippen LogP) is 4.12. The number of ketones is 1. The zero-order valence-electron chi connectivity index (χ0n) is 12.7. The number of carbonyl (C=O) groups excluding carboxylic acids is 1. The number of ether oxygens (including phenoxy) is 1. The van der Waals surface area contributed by atoms with E-state index in [0.29, 0.717) is 17.8 Å². The zero-order valence-corrected chi connectivity index (χ0v) is 12.7. The Bertz CT molecular complexity index is 522. The van der Waals surface area contributed by atoms with Crippen molar-refractivity contribution in [1.29, 1.82) is 0 Å². The van der Waals surface area contributed by atoms with Crippen LogP contribution >= 0.6 is 0 Å². The first kappa shape index (κ1) is 13.8. The Balaban J connectivity index is 1.87. The lowest BCUT2D eigenvalue weighted by Gasteiger charge is -2.35. The van der Waals surface area contributed by atoms with E-state index >= 15 is 0 Å². The van der Waals surface area contributed by atoms with Gasteiger partial charge in [-0.05, 0) is 55.2 Å². The van der Waals surface area contributed by atoms with Crippen LogP contribution in [0.3, 0.4) is 0 Å². The maximum atomic E-state index is 12.9. The summed E-state index contributed by atoms with van der Waals surface area (Å²) in [4.78, 5) is 12.9. The fraction of sp³-hybridized carbons (Fsp3) is 0.611. The van der Waals surface area contributed by atoms with Crippen LogP contribution in [0.5, 0.6) is 0 Å². The normalized spacial score (nSPS) is 29.2. The summed E-state index contributed by atoms with van der Waals surface area (Å²) in [6.45, 7) is 4.36. The van der Waals surface area contributed by atoms with Crippen LogP contribution in [0.2, 0.25) is 0 Å². The molecule has 1 spiro atoms. The van der Waals surface area contributed by atoms with Crippen molar-refractivity contribution < 1.29 is 9.53 Å². The third-order valence-corrected chi connectivity index (χ3v) is 5.28. The summed E-state index contributed by atoms with van der Waals surface area (Å²) < 4.78 is 5.45. The minimum absolute atomic E-state index is 0.118. The Morgan fingerprint density at radius 2 is 1.95 bits per heavy atom. The maximum absolute atomic E-state index is 12.9. The Labute approximate surface area is 121 Å². The Morgan fingerprint density at radius 1 is 1.25 bits per heavy atom. The van der Waals surface area contributed by atoms with Crippen molar-refractivity contribution in [3.8, 4) is 0 Å². The molecule has 0 bridgehead atoms. The summed E-state index contributed by atoms with van der Waals surface area (Å²) >= 11 is 0. The standard InChI is InChI=1S/C18H24O2/c1-12(2)13-4-5-14-11-18(17(19)16(14)10-13)8-6-15(20-3)7-9-18/h4-5,10,12,15H,6-9,11H2,1-3H3. The molecule has 1 saturated carbocycles. The third-order valence-electron chi connectivity index (χ3n) is 5.28. The van der Waals surface area contributed by atoms with E-state index in [-0.39, 0.29) is 5.41 Å². The molecule has 2 aliphatic rings. The summed E-state index contributed by atoms with van der Waals surface area (Å²) in [6.07, 6.45) is 5.30. The van der Waals surface area contributed by atoms with Gasteiger partial charge in [0.15, 0.2) is 5.78 Å². The van der Waals surface area contributed by atoms with E-state index in [1.807, 2.05) is 0 Å². The molecule has 20 heavy (non-hydrogen) atoms. The minimum Gasteiger partial charge on any atom is -0.381 e. The fourth-order valence-electron chi connectivity index (χ4n) is 3.83. The second kappa shape index (κ2) is 5.00. The topological polar surface area (TPSA) is 26.3 Å². The van der Waals surface area contributed by atoms with Gasteiger partial charge in [-0.2, -0.15) is 0 Å². The highest BCUT2D eigenvalue weighted by Gasteiger charge is 2.47. The first-order valence-electron chi connectivity index (χ1n) is 7.76. The van der Waals surface area contributed by atoms with Crippen molar-refractivity contribution in [2.24, 2.45) is 5.41 Å². The molecule has 0 saturated heterocycles. The summed E-state index contributed by atoms with van der Waals surface area (Å²) in [5.74, 6) is 0.874.